The summed E-state index contributed by atoms with van der Waals surface area (Å²) in [4.78, 5) is 0.445. The molecule has 1 N–H and O–H groups in total. The first-order valence-electron chi connectivity index (χ1n) is 4.77. The van der Waals surface area contributed by atoms with Crippen LogP contribution in [0.5, 0.6) is 0 Å². The number of hydrogen-bond acceptors (Lipinski definition) is 3. The van der Waals surface area contributed by atoms with Crippen molar-refractivity contribution in [3.05, 3.63) is 22.1 Å². The second kappa shape index (κ2) is 4.38. The van der Waals surface area contributed by atoms with E-state index in [1.165, 1.54) is 17.4 Å². The van der Waals surface area contributed by atoms with Crippen LogP contribution in [-0.2, 0) is 4.74 Å². The topological polar surface area (TPSA) is 29.5 Å². The number of halogens is 1. The highest BCUT2D eigenvalue weighted by molar-refractivity contribution is 7.10. The summed E-state index contributed by atoms with van der Waals surface area (Å²) in [6, 6.07) is 1.40. The van der Waals surface area contributed by atoms with Gasteiger partial charge in [0.25, 0.3) is 0 Å². The summed E-state index contributed by atoms with van der Waals surface area (Å²) >= 11 is 1.27. The van der Waals surface area contributed by atoms with Crippen molar-refractivity contribution in [2.75, 3.05) is 13.2 Å². The molecular weight excluding hydrogens is 203 g/mol. The summed E-state index contributed by atoms with van der Waals surface area (Å²) in [7, 11) is 0. The average Bonchev–Trinajstić information content (AvgIpc) is 2.65. The standard InChI is InChI=1S/C10H13FO2S/c11-8-3-5-14-10(8)9(12)7-2-1-4-13-6-7/h3,5,7,9,12H,1-2,4,6H2. The highest BCUT2D eigenvalue weighted by atomic mass is 32.1. The van der Waals surface area contributed by atoms with Crippen molar-refractivity contribution in [1.82, 2.24) is 0 Å². The Morgan fingerprint density at radius 3 is 3.07 bits per heavy atom. The maximum Gasteiger partial charge on any atom is 0.139 e. The summed E-state index contributed by atoms with van der Waals surface area (Å²) in [5.41, 5.74) is 0. The minimum atomic E-state index is -0.699. The predicted octanol–water partition coefficient (Wildman–Crippen LogP) is 2.35. The van der Waals surface area contributed by atoms with Crippen molar-refractivity contribution in [3.8, 4) is 0 Å². The number of rotatable bonds is 2. The molecule has 2 heterocycles. The maximum absolute atomic E-state index is 13.2. The quantitative estimate of drug-likeness (QED) is 0.822. The van der Waals surface area contributed by atoms with Crippen molar-refractivity contribution in [1.29, 1.82) is 0 Å². The molecule has 1 aliphatic rings. The van der Waals surface area contributed by atoms with Crippen LogP contribution in [-0.4, -0.2) is 18.3 Å². The number of ether oxygens (including phenoxy) is 1. The Labute approximate surface area is 86.3 Å². The largest absolute Gasteiger partial charge is 0.387 e. The van der Waals surface area contributed by atoms with Gasteiger partial charge in [-0.2, -0.15) is 0 Å². The lowest BCUT2D eigenvalue weighted by atomic mass is 9.95. The van der Waals surface area contributed by atoms with Crippen molar-refractivity contribution in [2.45, 2.75) is 18.9 Å². The van der Waals surface area contributed by atoms with Crippen LogP contribution in [0.25, 0.3) is 0 Å². The van der Waals surface area contributed by atoms with E-state index in [4.69, 9.17) is 4.74 Å². The van der Waals surface area contributed by atoms with Crippen LogP contribution < -0.4 is 0 Å². The molecule has 1 aromatic rings. The lowest BCUT2D eigenvalue weighted by Crippen LogP contribution is -2.23. The molecule has 78 valence electrons. The van der Waals surface area contributed by atoms with Crippen LogP contribution in [0.15, 0.2) is 11.4 Å². The second-order valence-electron chi connectivity index (χ2n) is 3.55. The molecule has 2 nitrogen and oxygen atoms in total. The fourth-order valence-corrected chi connectivity index (χ4v) is 2.59. The first kappa shape index (κ1) is 10.1. The minimum absolute atomic E-state index is 0.0527. The molecule has 2 atom stereocenters. The van der Waals surface area contributed by atoms with Gasteiger partial charge in [-0.15, -0.1) is 11.3 Å². The van der Waals surface area contributed by atoms with E-state index in [9.17, 15) is 9.50 Å². The molecule has 0 radical (unpaired) electrons. The van der Waals surface area contributed by atoms with E-state index in [0.717, 1.165) is 19.4 Å². The molecule has 0 bridgehead atoms. The Kier molecular flexibility index (Phi) is 3.15. The highest BCUT2D eigenvalue weighted by Crippen LogP contribution is 2.32. The minimum Gasteiger partial charge on any atom is -0.387 e. The van der Waals surface area contributed by atoms with E-state index >= 15 is 0 Å². The maximum atomic E-state index is 13.2. The third-order valence-corrected chi connectivity index (χ3v) is 3.52. The summed E-state index contributed by atoms with van der Waals surface area (Å²) in [6.07, 6.45) is 1.17. The van der Waals surface area contributed by atoms with Gasteiger partial charge in [0, 0.05) is 12.5 Å². The van der Waals surface area contributed by atoms with Gasteiger partial charge < -0.3 is 9.84 Å². The molecule has 4 heteroatoms. The Morgan fingerprint density at radius 1 is 1.64 bits per heavy atom. The highest BCUT2D eigenvalue weighted by Gasteiger charge is 2.26. The first-order valence-corrected chi connectivity index (χ1v) is 5.65. The average molecular weight is 216 g/mol. The Balaban J connectivity index is 2.07. The molecule has 1 saturated heterocycles. The molecule has 0 spiro atoms. The van der Waals surface area contributed by atoms with Crippen LogP contribution in [0.4, 0.5) is 4.39 Å². The Morgan fingerprint density at radius 2 is 2.50 bits per heavy atom. The molecule has 0 aliphatic carbocycles. The number of hydrogen-bond donors (Lipinski definition) is 1. The van der Waals surface area contributed by atoms with Crippen molar-refractivity contribution >= 4 is 11.3 Å². The third kappa shape index (κ3) is 1.97. The number of aliphatic hydroxyl groups is 1. The van der Waals surface area contributed by atoms with Crippen molar-refractivity contribution < 1.29 is 14.2 Å². The van der Waals surface area contributed by atoms with Crippen molar-refractivity contribution in [3.63, 3.8) is 0 Å². The fourth-order valence-electron chi connectivity index (χ4n) is 1.75. The van der Waals surface area contributed by atoms with E-state index in [2.05, 4.69) is 0 Å². The van der Waals surface area contributed by atoms with Gasteiger partial charge in [-0.1, -0.05) is 0 Å². The van der Waals surface area contributed by atoms with Gasteiger partial charge in [0.2, 0.25) is 0 Å². The van der Waals surface area contributed by atoms with Crippen LogP contribution in [0, 0.1) is 11.7 Å². The number of thiophene rings is 1. The van der Waals surface area contributed by atoms with Gasteiger partial charge in [0.05, 0.1) is 17.6 Å². The summed E-state index contributed by atoms with van der Waals surface area (Å²) < 4.78 is 18.4. The smallest absolute Gasteiger partial charge is 0.139 e. The lowest BCUT2D eigenvalue weighted by molar-refractivity contribution is -0.00970. The van der Waals surface area contributed by atoms with Crippen LogP contribution in [0.3, 0.4) is 0 Å². The summed E-state index contributed by atoms with van der Waals surface area (Å²) in [5.74, 6) is -0.245. The molecular formula is C10H13FO2S. The Hall–Kier alpha value is -0.450. The number of aliphatic hydroxyl groups excluding tert-OH is 1. The zero-order chi connectivity index (χ0) is 9.97. The van der Waals surface area contributed by atoms with E-state index in [0.29, 0.717) is 11.5 Å². The van der Waals surface area contributed by atoms with Gasteiger partial charge in [-0.3, -0.25) is 0 Å². The molecule has 1 fully saturated rings. The van der Waals surface area contributed by atoms with E-state index in [1.807, 2.05) is 0 Å². The fraction of sp³-hybridized carbons (Fsp3) is 0.600. The zero-order valence-corrected chi connectivity index (χ0v) is 8.60. The van der Waals surface area contributed by atoms with Gasteiger partial charge in [0.1, 0.15) is 5.82 Å². The normalized spacial score (nSPS) is 24.9. The molecule has 1 aromatic heterocycles. The van der Waals surface area contributed by atoms with Gasteiger partial charge >= 0.3 is 0 Å². The first-order chi connectivity index (χ1) is 6.79. The molecule has 0 aromatic carbocycles. The molecule has 2 rings (SSSR count). The zero-order valence-electron chi connectivity index (χ0n) is 7.78. The Bertz CT molecular complexity index is 294. The monoisotopic (exact) mass is 216 g/mol. The third-order valence-electron chi connectivity index (χ3n) is 2.56. The van der Waals surface area contributed by atoms with Gasteiger partial charge in [-0.05, 0) is 24.3 Å². The van der Waals surface area contributed by atoms with Gasteiger partial charge in [0.15, 0.2) is 0 Å². The summed E-state index contributed by atoms with van der Waals surface area (Å²) in [6.45, 7) is 1.30. The second-order valence-corrected chi connectivity index (χ2v) is 4.50. The molecule has 0 amide bonds. The lowest BCUT2D eigenvalue weighted by Gasteiger charge is -2.25. The van der Waals surface area contributed by atoms with E-state index in [-0.39, 0.29) is 11.7 Å². The molecule has 2 unspecified atom stereocenters. The molecule has 0 saturated carbocycles. The van der Waals surface area contributed by atoms with Gasteiger partial charge in [-0.25, -0.2) is 4.39 Å². The summed E-state index contributed by atoms with van der Waals surface area (Å²) in [5, 5.41) is 11.6. The van der Waals surface area contributed by atoms with Crippen molar-refractivity contribution in [2.24, 2.45) is 5.92 Å². The van der Waals surface area contributed by atoms with Crippen LogP contribution >= 0.6 is 11.3 Å². The SMILES string of the molecule is OC(c1sccc1F)C1CCCOC1. The van der Waals surface area contributed by atoms with Crippen LogP contribution in [0.2, 0.25) is 0 Å². The van der Waals surface area contributed by atoms with Crippen LogP contribution in [0.1, 0.15) is 23.8 Å². The molecule has 1 aliphatic heterocycles. The molecule has 14 heavy (non-hydrogen) atoms. The van der Waals surface area contributed by atoms with E-state index < -0.39 is 6.10 Å². The predicted molar refractivity (Wildman–Crippen MR) is 52.8 cm³/mol. The van der Waals surface area contributed by atoms with E-state index in [1.54, 1.807) is 5.38 Å².